The van der Waals surface area contributed by atoms with Crippen LogP contribution in [0, 0.1) is 6.92 Å². The highest BCUT2D eigenvalue weighted by molar-refractivity contribution is 5.29. The molecule has 2 rings (SSSR count). The molecule has 0 aliphatic heterocycles. The Labute approximate surface area is 112 Å². The lowest BCUT2D eigenvalue weighted by atomic mass is 10.1. The van der Waals surface area contributed by atoms with E-state index in [1.807, 2.05) is 25.3 Å². The van der Waals surface area contributed by atoms with Crippen LogP contribution in [0.2, 0.25) is 0 Å². The van der Waals surface area contributed by atoms with Gasteiger partial charge in [0, 0.05) is 19.0 Å². The van der Waals surface area contributed by atoms with Crippen molar-refractivity contribution in [3.05, 3.63) is 53.6 Å². The van der Waals surface area contributed by atoms with Gasteiger partial charge in [-0.1, -0.05) is 18.7 Å². The number of nitrogens with zero attached hydrogens (tertiary/aromatic N) is 2. The Morgan fingerprint density at radius 1 is 1.32 bits per heavy atom. The van der Waals surface area contributed by atoms with Gasteiger partial charge in [0.1, 0.15) is 5.69 Å². The highest BCUT2D eigenvalue weighted by Crippen LogP contribution is 2.15. The summed E-state index contributed by atoms with van der Waals surface area (Å²) in [6.07, 6.45) is 9.13. The van der Waals surface area contributed by atoms with Crippen molar-refractivity contribution in [2.45, 2.75) is 19.8 Å². The van der Waals surface area contributed by atoms with Crippen LogP contribution in [0.15, 0.2) is 36.7 Å². The molecular weight excluding hydrogens is 240 g/mol. The zero-order valence-electron chi connectivity index (χ0n) is 11.2. The number of H-pyrrole nitrogens is 2. The van der Waals surface area contributed by atoms with E-state index in [2.05, 4.69) is 27.0 Å². The molecule has 0 spiro atoms. The molecule has 100 valence electrons. The first-order valence-electron chi connectivity index (χ1n) is 6.11. The van der Waals surface area contributed by atoms with E-state index in [0.717, 1.165) is 34.7 Å². The Hall–Kier alpha value is -2.30. The molecule has 0 aromatic carbocycles. The largest absolute Gasteiger partial charge is 0.493 e. The molecule has 2 heterocycles. The molecule has 5 nitrogen and oxygen atoms in total. The Morgan fingerprint density at radius 2 is 2.05 bits per heavy atom. The van der Waals surface area contributed by atoms with Crippen molar-refractivity contribution >= 4 is 0 Å². The first-order valence-corrected chi connectivity index (χ1v) is 6.11. The van der Waals surface area contributed by atoms with Gasteiger partial charge in [-0.3, -0.25) is 10.2 Å². The highest BCUT2D eigenvalue weighted by atomic mass is 16.5. The number of aromatic nitrogens is 4. The number of nitrogens with one attached hydrogen (secondary N) is 2. The Kier molecular flexibility index (Phi) is 4.18. The van der Waals surface area contributed by atoms with Crippen molar-refractivity contribution in [2.24, 2.45) is 0 Å². The smallest absolute Gasteiger partial charge is 0.159 e. The normalized spacial score (nSPS) is 11.1. The number of rotatable bonds is 6. The number of aryl methyl sites for hydroxylation is 1. The maximum atomic E-state index is 5.18. The van der Waals surface area contributed by atoms with E-state index in [1.165, 1.54) is 0 Å². The van der Waals surface area contributed by atoms with E-state index in [1.54, 1.807) is 13.3 Å². The average Bonchev–Trinajstić information content (AvgIpc) is 2.99. The highest BCUT2D eigenvalue weighted by Gasteiger charge is 2.04. The molecule has 0 unspecified atom stereocenters. The lowest BCUT2D eigenvalue weighted by Gasteiger charge is -1.99. The minimum Gasteiger partial charge on any atom is -0.493 e. The summed E-state index contributed by atoms with van der Waals surface area (Å²) >= 11 is 0. The SMILES string of the molecule is C=C(C=CCc1n[nH]cc1OC)Cc1n[nH]cc1C. The van der Waals surface area contributed by atoms with Gasteiger partial charge in [0.05, 0.1) is 19.0 Å². The molecule has 2 N–H and O–H groups in total. The molecule has 2 aromatic rings. The molecule has 2 aromatic heterocycles. The number of allylic oxidation sites excluding steroid dienone is 3. The Balaban J connectivity index is 1.89. The number of hydrogen-bond donors (Lipinski definition) is 2. The summed E-state index contributed by atoms with van der Waals surface area (Å²) < 4.78 is 5.18. The second kappa shape index (κ2) is 6.04. The minimum absolute atomic E-state index is 0.714. The fourth-order valence-electron chi connectivity index (χ4n) is 1.80. The van der Waals surface area contributed by atoms with Crippen molar-refractivity contribution in [1.82, 2.24) is 20.4 Å². The number of aromatic amines is 2. The van der Waals surface area contributed by atoms with Crippen LogP contribution in [-0.4, -0.2) is 27.5 Å². The summed E-state index contributed by atoms with van der Waals surface area (Å²) in [4.78, 5) is 0. The van der Waals surface area contributed by atoms with Gasteiger partial charge in [-0.25, -0.2) is 0 Å². The number of methoxy groups -OCH3 is 1. The van der Waals surface area contributed by atoms with E-state index in [0.29, 0.717) is 6.42 Å². The van der Waals surface area contributed by atoms with E-state index in [4.69, 9.17) is 4.74 Å². The quantitative estimate of drug-likeness (QED) is 0.782. The van der Waals surface area contributed by atoms with Crippen LogP contribution in [0.3, 0.4) is 0 Å². The van der Waals surface area contributed by atoms with Crippen LogP contribution in [0.1, 0.15) is 17.0 Å². The Bertz CT molecular complexity index is 580. The standard InChI is InChI=1S/C14H18N4O/c1-10(7-13-11(2)8-15-18-13)5-4-6-12-14(19-3)9-16-17-12/h4-5,8-9H,1,6-7H2,2-3H3,(H,15,18)(H,16,17). The van der Waals surface area contributed by atoms with Gasteiger partial charge in [0.15, 0.2) is 5.75 Å². The summed E-state index contributed by atoms with van der Waals surface area (Å²) in [6.45, 7) is 6.06. The van der Waals surface area contributed by atoms with E-state index >= 15 is 0 Å². The molecule has 0 amide bonds. The topological polar surface area (TPSA) is 66.6 Å². The summed E-state index contributed by atoms with van der Waals surface area (Å²) in [5.74, 6) is 0.776. The number of ether oxygens (including phenoxy) is 1. The summed E-state index contributed by atoms with van der Waals surface area (Å²) in [5.41, 5.74) is 4.10. The fraction of sp³-hybridized carbons (Fsp3) is 0.286. The lowest BCUT2D eigenvalue weighted by molar-refractivity contribution is 0.411. The maximum absolute atomic E-state index is 5.18. The van der Waals surface area contributed by atoms with Crippen molar-refractivity contribution < 1.29 is 4.74 Å². The minimum atomic E-state index is 0.714. The third kappa shape index (κ3) is 3.34. The van der Waals surface area contributed by atoms with Crippen LogP contribution < -0.4 is 4.74 Å². The first-order chi connectivity index (χ1) is 9.20. The maximum Gasteiger partial charge on any atom is 0.159 e. The predicted molar refractivity (Wildman–Crippen MR) is 74.2 cm³/mol. The summed E-state index contributed by atoms with van der Waals surface area (Å²) in [7, 11) is 1.64. The second-order valence-corrected chi connectivity index (χ2v) is 4.36. The van der Waals surface area contributed by atoms with Gasteiger partial charge >= 0.3 is 0 Å². The summed E-state index contributed by atoms with van der Waals surface area (Å²) in [6, 6.07) is 0. The molecule has 5 heteroatoms. The fourth-order valence-corrected chi connectivity index (χ4v) is 1.80. The molecule has 0 aliphatic carbocycles. The number of hydrogen-bond acceptors (Lipinski definition) is 3. The van der Waals surface area contributed by atoms with E-state index in [-0.39, 0.29) is 0 Å². The molecule has 0 aliphatic rings. The zero-order valence-corrected chi connectivity index (χ0v) is 11.2. The van der Waals surface area contributed by atoms with Gasteiger partial charge in [-0.2, -0.15) is 10.2 Å². The molecule has 0 saturated carbocycles. The third-order valence-corrected chi connectivity index (χ3v) is 2.89. The molecule has 0 bridgehead atoms. The van der Waals surface area contributed by atoms with Crippen molar-refractivity contribution in [3.8, 4) is 5.75 Å². The van der Waals surface area contributed by atoms with Gasteiger partial charge in [-0.05, 0) is 18.1 Å². The predicted octanol–water partition coefficient (Wildman–Crippen LogP) is 2.35. The van der Waals surface area contributed by atoms with E-state index in [9.17, 15) is 0 Å². The van der Waals surface area contributed by atoms with Crippen LogP contribution in [0.4, 0.5) is 0 Å². The Morgan fingerprint density at radius 3 is 2.74 bits per heavy atom. The molecular formula is C14H18N4O. The van der Waals surface area contributed by atoms with E-state index < -0.39 is 0 Å². The summed E-state index contributed by atoms with van der Waals surface area (Å²) in [5, 5.41) is 13.9. The van der Waals surface area contributed by atoms with Gasteiger partial charge in [-0.15, -0.1) is 0 Å². The van der Waals surface area contributed by atoms with Crippen LogP contribution in [0.25, 0.3) is 0 Å². The van der Waals surface area contributed by atoms with Gasteiger partial charge in [0.2, 0.25) is 0 Å². The molecule has 19 heavy (non-hydrogen) atoms. The monoisotopic (exact) mass is 258 g/mol. The van der Waals surface area contributed by atoms with Gasteiger partial charge in [0.25, 0.3) is 0 Å². The zero-order chi connectivity index (χ0) is 13.7. The average molecular weight is 258 g/mol. The van der Waals surface area contributed by atoms with Crippen LogP contribution in [-0.2, 0) is 12.8 Å². The molecule has 0 atom stereocenters. The van der Waals surface area contributed by atoms with Crippen LogP contribution >= 0.6 is 0 Å². The van der Waals surface area contributed by atoms with Gasteiger partial charge < -0.3 is 4.74 Å². The van der Waals surface area contributed by atoms with Crippen molar-refractivity contribution in [2.75, 3.05) is 7.11 Å². The molecule has 0 radical (unpaired) electrons. The van der Waals surface area contributed by atoms with Crippen molar-refractivity contribution in [1.29, 1.82) is 0 Å². The third-order valence-electron chi connectivity index (χ3n) is 2.89. The molecule has 0 fully saturated rings. The lowest BCUT2D eigenvalue weighted by Crippen LogP contribution is -1.91. The first kappa shape index (κ1) is 13.1. The molecule has 0 saturated heterocycles. The van der Waals surface area contributed by atoms with Crippen molar-refractivity contribution in [3.63, 3.8) is 0 Å². The second-order valence-electron chi connectivity index (χ2n) is 4.36. The van der Waals surface area contributed by atoms with Crippen LogP contribution in [0.5, 0.6) is 5.75 Å².